The first-order chi connectivity index (χ1) is 7.99. The number of carbonyl (C=O) groups is 1. The van der Waals surface area contributed by atoms with Crippen LogP contribution in [0.1, 0.15) is 46.5 Å². The Morgan fingerprint density at radius 3 is 2.41 bits per heavy atom. The fourth-order valence-corrected chi connectivity index (χ4v) is 2.61. The van der Waals surface area contributed by atoms with E-state index in [1.807, 2.05) is 0 Å². The fraction of sp³-hybridized carbons (Fsp3) is 0.923. The molecular formula is C13H27N3O. The number of amides is 1. The lowest BCUT2D eigenvalue weighted by molar-refractivity contribution is -0.120. The first-order valence-electron chi connectivity index (χ1n) is 6.76. The van der Waals surface area contributed by atoms with E-state index in [9.17, 15) is 4.79 Å². The van der Waals surface area contributed by atoms with Crippen LogP contribution >= 0.6 is 0 Å². The lowest BCUT2D eigenvalue weighted by Crippen LogP contribution is -2.56. The van der Waals surface area contributed by atoms with E-state index in [1.165, 1.54) is 0 Å². The average Bonchev–Trinajstić information content (AvgIpc) is 2.26. The van der Waals surface area contributed by atoms with Crippen molar-refractivity contribution in [2.75, 3.05) is 19.6 Å². The van der Waals surface area contributed by atoms with Crippen LogP contribution in [0.2, 0.25) is 0 Å². The van der Waals surface area contributed by atoms with Gasteiger partial charge in [-0.1, -0.05) is 6.92 Å². The Morgan fingerprint density at radius 2 is 2.00 bits per heavy atom. The third-order valence-electron chi connectivity index (χ3n) is 3.75. The van der Waals surface area contributed by atoms with Crippen molar-refractivity contribution < 1.29 is 4.79 Å². The second-order valence-corrected chi connectivity index (χ2v) is 5.48. The van der Waals surface area contributed by atoms with Gasteiger partial charge in [0.2, 0.25) is 5.91 Å². The van der Waals surface area contributed by atoms with Crippen molar-refractivity contribution in [1.82, 2.24) is 10.2 Å². The molecule has 0 aliphatic carbocycles. The van der Waals surface area contributed by atoms with Crippen LogP contribution in [0.15, 0.2) is 0 Å². The molecule has 3 N–H and O–H groups in total. The van der Waals surface area contributed by atoms with E-state index in [0.29, 0.717) is 12.5 Å². The summed E-state index contributed by atoms with van der Waals surface area (Å²) in [6, 6.07) is 0.591. The van der Waals surface area contributed by atoms with Gasteiger partial charge in [-0.05, 0) is 39.7 Å². The summed E-state index contributed by atoms with van der Waals surface area (Å²) in [4.78, 5) is 13.7. The molecule has 0 aromatic carbocycles. The molecule has 1 heterocycles. The predicted octanol–water partition coefficient (Wildman–Crippen LogP) is 1.10. The number of nitrogens with zero attached hydrogens (tertiary/aromatic N) is 1. The molecule has 0 radical (unpaired) electrons. The van der Waals surface area contributed by atoms with E-state index in [1.54, 1.807) is 0 Å². The molecule has 1 saturated heterocycles. The summed E-state index contributed by atoms with van der Waals surface area (Å²) in [5.41, 5.74) is 5.33. The first-order valence-corrected chi connectivity index (χ1v) is 6.76. The van der Waals surface area contributed by atoms with Crippen LogP contribution < -0.4 is 11.1 Å². The van der Waals surface area contributed by atoms with Gasteiger partial charge in [0.1, 0.15) is 0 Å². The number of hydrogen-bond acceptors (Lipinski definition) is 3. The summed E-state index contributed by atoms with van der Waals surface area (Å²) < 4.78 is 0. The molecule has 1 fully saturated rings. The molecule has 0 unspecified atom stereocenters. The topological polar surface area (TPSA) is 58.4 Å². The van der Waals surface area contributed by atoms with Gasteiger partial charge in [0.15, 0.2) is 0 Å². The molecule has 17 heavy (non-hydrogen) atoms. The van der Waals surface area contributed by atoms with Gasteiger partial charge in [-0.15, -0.1) is 0 Å². The maximum absolute atomic E-state index is 11.2. The standard InChI is InChI=1S/C13H27N3O/c1-4-7-15-13(10-12(14)17)5-8-16(9-6-13)11(2)3/h11,15H,4-10H2,1-3H3,(H2,14,17). The van der Waals surface area contributed by atoms with Crippen LogP contribution in [-0.4, -0.2) is 42.0 Å². The molecule has 0 spiro atoms. The highest BCUT2D eigenvalue weighted by atomic mass is 16.1. The number of carbonyl (C=O) groups excluding carboxylic acids is 1. The Balaban J connectivity index is 2.58. The molecule has 4 nitrogen and oxygen atoms in total. The minimum absolute atomic E-state index is 0.0484. The lowest BCUT2D eigenvalue weighted by atomic mass is 9.83. The van der Waals surface area contributed by atoms with Gasteiger partial charge >= 0.3 is 0 Å². The third kappa shape index (κ3) is 4.28. The smallest absolute Gasteiger partial charge is 0.219 e. The molecule has 0 atom stereocenters. The summed E-state index contributed by atoms with van der Waals surface area (Å²) in [7, 11) is 0. The van der Waals surface area contributed by atoms with Gasteiger partial charge in [0, 0.05) is 31.1 Å². The van der Waals surface area contributed by atoms with E-state index in [4.69, 9.17) is 5.73 Å². The Bertz CT molecular complexity index is 245. The fourth-order valence-electron chi connectivity index (χ4n) is 2.61. The number of piperidine rings is 1. The molecule has 1 amide bonds. The van der Waals surface area contributed by atoms with Crippen LogP contribution in [0.3, 0.4) is 0 Å². The van der Waals surface area contributed by atoms with E-state index in [2.05, 4.69) is 31.0 Å². The second kappa shape index (κ2) is 6.36. The summed E-state index contributed by atoms with van der Waals surface area (Å²) >= 11 is 0. The number of rotatable bonds is 6. The Kier molecular flexibility index (Phi) is 5.40. The summed E-state index contributed by atoms with van der Waals surface area (Å²) in [6.07, 6.45) is 3.61. The molecule has 0 bridgehead atoms. The Labute approximate surface area is 105 Å². The quantitative estimate of drug-likeness (QED) is 0.732. The van der Waals surface area contributed by atoms with Gasteiger partial charge < -0.3 is 16.0 Å². The number of nitrogens with one attached hydrogen (secondary N) is 1. The molecule has 0 saturated carbocycles. The average molecular weight is 241 g/mol. The van der Waals surface area contributed by atoms with Crippen molar-refractivity contribution in [3.05, 3.63) is 0 Å². The highest BCUT2D eigenvalue weighted by Gasteiger charge is 2.35. The van der Waals surface area contributed by atoms with Crippen molar-refractivity contribution >= 4 is 5.91 Å². The zero-order valence-corrected chi connectivity index (χ0v) is 11.5. The van der Waals surface area contributed by atoms with Crippen molar-refractivity contribution in [2.24, 2.45) is 5.73 Å². The number of hydrogen-bond donors (Lipinski definition) is 2. The zero-order chi connectivity index (χ0) is 12.9. The van der Waals surface area contributed by atoms with Crippen LogP contribution in [-0.2, 0) is 4.79 Å². The van der Waals surface area contributed by atoms with Gasteiger partial charge in [-0.25, -0.2) is 0 Å². The van der Waals surface area contributed by atoms with Crippen LogP contribution in [0.25, 0.3) is 0 Å². The minimum Gasteiger partial charge on any atom is -0.370 e. The third-order valence-corrected chi connectivity index (χ3v) is 3.75. The molecule has 100 valence electrons. The molecule has 4 heteroatoms. The summed E-state index contributed by atoms with van der Waals surface area (Å²) in [6.45, 7) is 9.67. The van der Waals surface area contributed by atoms with Gasteiger partial charge in [-0.3, -0.25) is 4.79 Å². The summed E-state index contributed by atoms with van der Waals surface area (Å²) in [5, 5.41) is 3.55. The molecule has 0 aromatic heterocycles. The number of primary amides is 1. The molecule has 0 aromatic rings. The first kappa shape index (κ1) is 14.5. The summed E-state index contributed by atoms with van der Waals surface area (Å²) in [5.74, 6) is -0.188. The van der Waals surface area contributed by atoms with Crippen molar-refractivity contribution in [3.8, 4) is 0 Å². The van der Waals surface area contributed by atoms with E-state index < -0.39 is 0 Å². The maximum Gasteiger partial charge on any atom is 0.219 e. The minimum atomic E-state index is -0.188. The lowest BCUT2D eigenvalue weighted by Gasteiger charge is -2.43. The Hall–Kier alpha value is -0.610. The SMILES string of the molecule is CCCNC1(CC(N)=O)CCN(C(C)C)CC1. The van der Waals surface area contributed by atoms with Crippen LogP contribution in [0.5, 0.6) is 0 Å². The van der Waals surface area contributed by atoms with Crippen LogP contribution in [0.4, 0.5) is 0 Å². The monoisotopic (exact) mass is 241 g/mol. The van der Waals surface area contributed by atoms with Crippen molar-refractivity contribution in [3.63, 3.8) is 0 Å². The molecular weight excluding hydrogens is 214 g/mol. The maximum atomic E-state index is 11.2. The predicted molar refractivity (Wildman–Crippen MR) is 70.8 cm³/mol. The zero-order valence-electron chi connectivity index (χ0n) is 11.5. The van der Waals surface area contributed by atoms with Crippen molar-refractivity contribution in [1.29, 1.82) is 0 Å². The van der Waals surface area contributed by atoms with Crippen molar-refractivity contribution in [2.45, 2.75) is 58.0 Å². The van der Waals surface area contributed by atoms with Gasteiger partial charge in [0.25, 0.3) is 0 Å². The van der Waals surface area contributed by atoms with E-state index in [0.717, 1.165) is 38.9 Å². The van der Waals surface area contributed by atoms with E-state index in [-0.39, 0.29) is 11.4 Å². The molecule has 1 aliphatic rings. The van der Waals surface area contributed by atoms with Gasteiger partial charge in [0.05, 0.1) is 0 Å². The highest BCUT2D eigenvalue weighted by Crippen LogP contribution is 2.26. The highest BCUT2D eigenvalue weighted by molar-refractivity contribution is 5.75. The van der Waals surface area contributed by atoms with Crippen LogP contribution in [0, 0.1) is 0 Å². The largest absolute Gasteiger partial charge is 0.370 e. The number of nitrogens with two attached hydrogens (primary N) is 1. The Morgan fingerprint density at radius 1 is 1.41 bits per heavy atom. The van der Waals surface area contributed by atoms with Gasteiger partial charge in [-0.2, -0.15) is 0 Å². The molecule has 1 rings (SSSR count). The van der Waals surface area contributed by atoms with E-state index >= 15 is 0 Å². The molecule has 1 aliphatic heterocycles. The number of likely N-dealkylation sites (tertiary alicyclic amines) is 1. The normalized spacial score (nSPS) is 20.7. The second-order valence-electron chi connectivity index (χ2n) is 5.48.